The van der Waals surface area contributed by atoms with E-state index in [1.165, 1.54) is 6.33 Å². The van der Waals surface area contributed by atoms with E-state index in [2.05, 4.69) is 26.8 Å². The van der Waals surface area contributed by atoms with Crippen LogP contribution in [0, 0.1) is 0 Å². The molecule has 8 nitrogen and oxygen atoms in total. The molecule has 1 aromatic rings. The van der Waals surface area contributed by atoms with E-state index < -0.39 is 0 Å². The molecule has 2 saturated heterocycles. The monoisotopic (exact) mass is 349 g/mol. The normalized spacial score (nSPS) is 25.3. The number of likely N-dealkylation sites (N-methyl/N-ethyl adjacent to an activating group) is 1. The smallest absolute Gasteiger partial charge is 0.222 e. The molecule has 2 aliphatic heterocycles. The molecule has 1 atom stereocenters. The maximum atomic E-state index is 12.3. The number of aliphatic hydroxyl groups excluding tert-OH is 1. The highest BCUT2D eigenvalue weighted by molar-refractivity contribution is 5.76. The number of carbonyl (C=O) groups is 1. The first-order valence-corrected chi connectivity index (χ1v) is 8.79. The van der Waals surface area contributed by atoms with Crippen LogP contribution < -0.4 is 9.64 Å². The molecule has 0 radical (unpaired) electrons. The second kappa shape index (κ2) is 7.53. The number of ether oxygens (including phenoxy) is 1. The number of β-amino-alcohol motifs (C(OH)–C–C–N with tert-alkyl or cyclic N) is 1. The fourth-order valence-corrected chi connectivity index (χ4v) is 3.86. The average Bonchev–Trinajstić information content (AvgIpc) is 2.79. The number of aliphatic hydroxyl groups is 1. The number of nitrogens with zero attached hydrogens (tertiary/aromatic N) is 5. The molecular weight excluding hydrogens is 322 g/mol. The van der Waals surface area contributed by atoms with E-state index in [-0.39, 0.29) is 18.1 Å². The third-order valence-corrected chi connectivity index (χ3v) is 5.53. The lowest BCUT2D eigenvalue weighted by Gasteiger charge is -2.49. The van der Waals surface area contributed by atoms with Gasteiger partial charge in [0.2, 0.25) is 11.8 Å². The van der Waals surface area contributed by atoms with Gasteiger partial charge in [0.15, 0.2) is 0 Å². The number of aromatic nitrogens is 2. The molecule has 138 valence electrons. The molecule has 1 amide bonds. The minimum atomic E-state index is -0.0592. The van der Waals surface area contributed by atoms with Crippen molar-refractivity contribution in [1.29, 1.82) is 0 Å². The van der Waals surface area contributed by atoms with Crippen LogP contribution in [0.1, 0.15) is 19.3 Å². The first-order valence-electron chi connectivity index (χ1n) is 8.79. The summed E-state index contributed by atoms with van der Waals surface area (Å²) in [5.41, 5.74) is -0.0592. The van der Waals surface area contributed by atoms with Crippen LogP contribution in [-0.4, -0.2) is 89.8 Å². The summed E-state index contributed by atoms with van der Waals surface area (Å²) in [6.07, 6.45) is 3.76. The molecule has 25 heavy (non-hydrogen) atoms. The van der Waals surface area contributed by atoms with Gasteiger partial charge in [-0.1, -0.05) is 0 Å². The van der Waals surface area contributed by atoms with Gasteiger partial charge in [-0.3, -0.25) is 9.69 Å². The number of methoxy groups -OCH3 is 1. The highest BCUT2D eigenvalue weighted by Crippen LogP contribution is 2.33. The van der Waals surface area contributed by atoms with Crippen LogP contribution in [0.3, 0.4) is 0 Å². The summed E-state index contributed by atoms with van der Waals surface area (Å²) in [4.78, 5) is 27.2. The maximum Gasteiger partial charge on any atom is 0.222 e. The number of piperazine rings is 1. The lowest BCUT2D eigenvalue weighted by molar-refractivity contribution is -0.131. The zero-order chi connectivity index (χ0) is 17.9. The van der Waals surface area contributed by atoms with Gasteiger partial charge in [-0.2, -0.15) is 0 Å². The number of likely N-dealkylation sites (tertiary alicyclic amines) is 1. The van der Waals surface area contributed by atoms with Crippen LogP contribution in [0.4, 0.5) is 5.82 Å². The summed E-state index contributed by atoms with van der Waals surface area (Å²) >= 11 is 0. The molecule has 3 rings (SSSR count). The number of anilines is 1. The van der Waals surface area contributed by atoms with Gasteiger partial charge in [-0.15, -0.1) is 0 Å². The Kier molecular flexibility index (Phi) is 5.39. The lowest BCUT2D eigenvalue weighted by Crippen LogP contribution is -2.61. The maximum absolute atomic E-state index is 12.3. The van der Waals surface area contributed by atoms with E-state index in [0.29, 0.717) is 25.4 Å². The van der Waals surface area contributed by atoms with Gasteiger partial charge in [0.25, 0.3) is 0 Å². The zero-order valence-corrected chi connectivity index (χ0v) is 15.0. The Balaban J connectivity index is 1.79. The van der Waals surface area contributed by atoms with Crippen molar-refractivity contribution < 1.29 is 14.6 Å². The molecule has 2 aliphatic rings. The van der Waals surface area contributed by atoms with Crippen molar-refractivity contribution in [1.82, 2.24) is 19.8 Å². The third-order valence-electron chi connectivity index (χ3n) is 5.53. The van der Waals surface area contributed by atoms with Gasteiger partial charge in [-0.25, -0.2) is 9.97 Å². The second-order valence-electron chi connectivity index (χ2n) is 6.84. The largest absolute Gasteiger partial charge is 0.481 e. The second-order valence-corrected chi connectivity index (χ2v) is 6.84. The number of hydrogen-bond acceptors (Lipinski definition) is 7. The molecule has 0 aromatic carbocycles. The molecule has 2 fully saturated rings. The first-order chi connectivity index (χ1) is 12.1. The number of amides is 1. The van der Waals surface area contributed by atoms with Crippen molar-refractivity contribution in [3.63, 3.8) is 0 Å². The molecule has 1 aromatic heterocycles. The highest BCUT2D eigenvalue weighted by Gasteiger charge is 2.42. The number of hydrogen-bond donors (Lipinski definition) is 1. The van der Waals surface area contributed by atoms with Gasteiger partial charge in [0, 0.05) is 50.7 Å². The summed E-state index contributed by atoms with van der Waals surface area (Å²) in [6, 6.07) is 1.86. The van der Waals surface area contributed by atoms with Gasteiger partial charge < -0.3 is 19.6 Å². The van der Waals surface area contributed by atoms with Crippen molar-refractivity contribution in [3.05, 3.63) is 12.4 Å². The first kappa shape index (κ1) is 17.9. The van der Waals surface area contributed by atoms with E-state index in [0.717, 1.165) is 38.3 Å². The predicted molar refractivity (Wildman–Crippen MR) is 93.7 cm³/mol. The van der Waals surface area contributed by atoms with Crippen molar-refractivity contribution >= 4 is 11.7 Å². The Hall–Kier alpha value is -1.93. The summed E-state index contributed by atoms with van der Waals surface area (Å²) < 4.78 is 5.22. The van der Waals surface area contributed by atoms with Crippen LogP contribution in [-0.2, 0) is 4.79 Å². The fraction of sp³-hybridized carbons (Fsp3) is 0.706. The summed E-state index contributed by atoms with van der Waals surface area (Å²) in [5, 5.41) is 9.18. The van der Waals surface area contributed by atoms with E-state index in [4.69, 9.17) is 4.74 Å². The molecule has 1 unspecified atom stereocenters. The van der Waals surface area contributed by atoms with Crippen molar-refractivity contribution in [2.24, 2.45) is 0 Å². The Bertz CT molecular complexity index is 614. The quantitative estimate of drug-likeness (QED) is 0.818. The van der Waals surface area contributed by atoms with Crippen molar-refractivity contribution in [2.75, 3.05) is 58.4 Å². The van der Waals surface area contributed by atoms with E-state index >= 15 is 0 Å². The van der Waals surface area contributed by atoms with Crippen molar-refractivity contribution in [2.45, 2.75) is 24.8 Å². The number of carbonyl (C=O) groups excluding carboxylic acids is 1. The molecule has 8 heteroatoms. The molecule has 0 saturated carbocycles. The molecule has 1 N–H and O–H groups in total. The van der Waals surface area contributed by atoms with Gasteiger partial charge in [0.05, 0.1) is 13.7 Å². The average molecular weight is 349 g/mol. The van der Waals surface area contributed by atoms with Gasteiger partial charge in [-0.05, 0) is 19.9 Å². The minimum Gasteiger partial charge on any atom is -0.481 e. The van der Waals surface area contributed by atoms with Crippen LogP contribution in [0.15, 0.2) is 12.4 Å². The highest BCUT2D eigenvalue weighted by atomic mass is 16.5. The third kappa shape index (κ3) is 3.69. The molecular formula is C17H27N5O3. The minimum absolute atomic E-state index is 0.0153. The summed E-state index contributed by atoms with van der Waals surface area (Å²) in [7, 11) is 3.74. The Morgan fingerprint density at radius 3 is 2.88 bits per heavy atom. The summed E-state index contributed by atoms with van der Waals surface area (Å²) in [6.45, 7) is 3.74. The standard InChI is InChI=1S/C17H27N5O3/c1-20-7-8-22(14-11-15(25-2)19-13-18-14)12-17(20)4-3-16(24)21(6-5-17)9-10-23/h11,13,23H,3-10,12H2,1-2H3. The molecule has 3 heterocycles. The molecule has 0 bridgehead atoms. The topological polar surface area (TPSA) is 82.0 Å². The predicted octanol–water partition coefficient (Wildman–Crippen LogP) is -0.0194. The van der Waals surface area contributed by atoms with E-state index in [1.54, 1.807) is 12.0 Å². The van der Waals surface area contributed by atoms with E-state index in [1.807, 2.05) is 6.07 Å². The number of rotatable bonds is 4. The lowest BCUT2D eigenvalue weighted by atomic mass is 9.86. The zero-order valence-electron chi connectivity index (χ0n) is 15.0. The van der Waals surface area contributed by atoms with Crippen LogP contribution in [0.5, 0.6) is 5.88 Å². The van der Waals surface area contributed by atoms with Crippen LogP contribution >= 0.6 is 0 Å². The van der Waals surface area contributed by atoms with Crippen LogP contribution in [0.2, 0.25) is 0 Å². The Morgan fingerprint density at radius 1 is 1.28 bits per heavy atom. The van der Waals surface area contributed by atoms with Gasteiger partial charge >= 0.3 is 0 Å². The molecule has 0 aliphatic carbocycles. The Labute approximate surface area is 148 Å². The molecule has 1 spiro atoms. The van der Waals surface area contributed by atoms with Crippen molar-refractivity contribution in [3.8, 4) is 5.88 Å². The van der Waals surface area contributed by atoms with E-state index in [9.17, 15) is 9.90 Å². The fourth-order valence-electron chi connectivity index (χ4n) is 3.86. The SMILES string of the molecule is COc1cc(N2CCN(C)C3(CCC(=O)N(CCO)CC3)C2)ncn1. The Morgan fingerprint density at radius 2 is 2.12 bits per heavy atom. The van der Waals surface area contributed by atoms with Gasteiger partial charge in [0.1, 0.15) is 12.1 Å². The van der Waals surface area contributed by atoms with Crippen LogP contribution in [0.25, 0.3) is 0 Å². The summed E-state index contributed by atoms with van der Waals surface area (Å²) in [5.74, 6) is 1.56.